The lowest BCUT2D eigenvalue weighted by atomic mass is 10.1. The molecule has 0 saturated heterocycles. The van der Waals surface area contributed by atoms with E-state index in [-0.39, 0.29) is 4.90 Å². The van der Waals surface area contributed by atoms with Gasteiger partial charge in [-0.3, -0.25) is 4.31 Å². The van der Waals surface area contributed by atoms with Gasteiger partial charge < -0.3 is 9.30 Å². The summed E-state index contributed by atoms with van der Waals surface area (Å²) in [7, 11) is -1.46. The summed E-state index contributed by atoms with van der Waals surface area (Å²) in [5.41, 5.74) is 2.75. The fraction of sp³-hybridized carbons (Fsp3) is 0.118. The third-order valence-corrected chi connectivity index (χ3v) is 9.61. The number of methoxy groups -OCH3 is 1. The van der Waals surface area contributed by atoms with Crippen molar-refractivity contribution in [1.82, 2.24) is 9.55 Å². The Morgan fingerprint density at radius 2 is 1.60 bits per heavy atom. The molecule has 0 fully saturated rings. The molecule has 13 heteroatoms. The standard InChI is InChI=1S/C34H26Cl2F3N3O4S/c1-41(47(44,45)28-15-10-25(11-16-28)34(37,38)39)27-13-5-22(6-14-27)7-18-32-40-31(29-17-12-26(35)19-30(29)36)21-42(32)20-23-3-8-24(9-4-23)33(43)46-2/h3-19,21H,20H2,1-2H3/b18-7+. The molecule has 0 bridgehead atoms. The van der Waals surface area contributed by atoms with E-state index in [1.54, 1.807) is 66.7 Å². The topological polar surface area (TPSA) is 81.5 Å². The van der Waals surface area contributed by atoms with Gasteiger partial charge in [0.25, 0.3) is 10.0 Å². The van der Waals surface area contributed by atoms with Crippen LogP contribution in [0.1, 0.15) is 32.9 Å². The van der Waals surface area contributed by atoms with E-state index in [9.17, 15) is 26.4 Å². The minimum absolute atomic E-state index is 0.264. The molecule has 5 rings (SSSR count). The fourth-order valence-electron chi connectivity index (χ4n) is 4.66. The average molecular weight is 701 g/mol. The Morgan fingerprint density at radius 3 is 2.19 bits per heavy atom. The molecule has 1 heterocycles. The van der Waals surface area contributed by atoms with Gasteiger partial charge in [-0.25, -0.2) is 18.2 Å². The number of sulfonamides is 1. The Hall–Kier alpha value is -4.58. The first kappa shape index (κ1) is 33.8. The molecule has 5 aromatic rings. The van der Waals surface area contributed by atoms with Crippen LogP contribution in [0.4, 0.5) is 18.9 Å². The lowest BCUT2D eigenvalue weighted by Gasteiger charge is -2.20. The summed E-state index contributed by atoms with van der Waals surface area (Å²) in [5.74, 6) is 0.158. The van der Waals surface area contributed by atoms with Crippen LogP contribution in [0.15, 0.2) is 102 Å². The molecule has 0 aliphatic heterocycles. The lowest BCUT2D eigenvalue weighted by molar-refractivity contribution is -0.137. The second kappa shape index (κ2) is 13.6. The zero-order valence-electron chi connectivity index (χ0n) is 24.9. The van der Waals surface area contributed by atoms with Crippen molar-refractivity contribution in [2.24, 2.45) is 0 Å². The number of rotatable bonds is 9. The summed E-state index contributed by atoms with van der Waals surface area (Å²) in [5, 5.41) is 0.927. The molecule has 1 aromatic heterocycles. The second-order valence-corrected chi connectivity index (χ2v) is 13.2. The third-order valence-electron chi connectivity index (χ3n) is 7.26. The first-order chi connectivity index (χ1) is 22.3. The molecule has 47 heavy (non-hydrogen) atoms. The predicted molar refractivity (Wildman–Crippen MR) is 177 cm³/mol. The van der Waals surface area contributed by atoms with Crippen LogP contribution >= 0.6 is 23.2 Å². The van der Waals surface area contributed by atoms with E-state index in [4.69, 9.17) is 32.9 Å². The number of anilines is 1. The number of ether oxygens (including phenoxy) is 1. The summed E-state index contributed by atoms with van der Waals surface area (Å²) in [6, 6.07) is 22.1. The minimum Gasteiger partial charge on any atom is -0.465 e. The van der Waals surface area contributed by atoms with Crippen molar-refractivity contribution < 1.29 is 31.1 Å². The SMILES string of the molecule is COC(=O)c1ccc(Cn2cc(-c3ccc(Cl)cc3Cl)nc2/C=C/c2ccc(N(C)S(=O)(=O)c3ccc(C(F)(F)F)cc3)cc2)cc1. The second-order valence-electron chi connectivity index (χ2n) is 10.3. The van der Waals surface area contributed by atoms with Crippen molar-refractivity contribution in [3.63, 3.8) is 0 Å². The monoisotopic (exact) mass is 699 g/mol. The third kappa shape index (κ3) is 7.70. The first-order valence-corrected chi connectivity index (χ1v) is 16.1. The van der Waals surface area contributed by atoms with Crippen LogP contribution in [0.5, 0.6) is 0 Å². The summed E-state index contributed by atoms with van der Waals surface area (Å²) in [6.07, 6.45) is 0.887. The van der Waals surface area contributed by atoms with Crippen LogP contribution < -0.4 is 4.31 Å². The largest absolute Gasteiger partial charge is 0.465 e. The molecule has 0 saturated carbocycles. The van der Waals surface area contributed by atoms with Crippen LogP contribution in [0.2, 0.25) is 10.0 Å². The molecule has 0 spiro atoms. The van der Waals surface area contributed by atoms with E-state index >= 15 is 0 Å². The van der Waals surface area contributed by atoms with E-state index in [1.165, 1.54) is 14.2 Å². The normalized spacial score (nSPS) is 12.0. The van der Waals surface area contributed by atoms with Gasteiger partial charge in [0.2, 0.25) is 0 Å². The van der Waals surface area contributed by atoms with Gasteiger partial charge in [0.05, 0.1) is 39.5 Å². The maximum Gasteiger partial charge on any atom is 0.416 e. The van der Waals surface area contributed by atoms with Gasteiger partial charge in [-0.15, -0.1) is 0 Å². The Kier molecular flexibility index (Phi) is 9.81. The van der Waals surface area contributed by atoms with Crippen molar-refractivity contribution in [3.05, 3.63) is 135 Å². The number of imidazole rings is 1. The van der Waals surface area contributed by atoms with Crippen LogP contribution in [0.25, 0.3) is 23.4 Å². The van der Waals surface area contributed by atoms with Crippen molar-refractivity contribution in [3.8, 4) is 11.3 Å². The van der Waals surface area contributed by atoms with E-state index < -0.39 is 27.7 Å². The molecule has 0 aliphatic carbocycles. The molecule has 0 aliphatic rings. The summed E-state index contributed by atoms with van der Waals surface area (Å²) >= 11 is 12.6. The average Bonchev–Trinajstić information content (AvgIpc) is 3.45. The molecule has 4 aromatic carbocycles. The molecule has 0 N–H and O–H groups in total. The maximum absolute atomic E-state index is 13.1. The highest BCUT2D eigenvalue weighted by molar-refractivity contribution is 7.92. The van der Waals surface area contributed by atoms with Gasteiger partial charge in [0, 0.05) is 30.4 Å². The minimum atomic E-state index is -4.57. The maximum atomic E-state index is 13.1. The Labute approximate surface area is 279 Å². The summed E-state index contributed by atoms with van der Waals surface area (Å²) < 4.78 is 72.7. The summed E-state index contributed by atoms with van der Waals surface area (Å²) in [6.45, 7) is 0.422. The lowest BCUT2D eigenvalue weighted by Crippen LogP contribution is -2.26. The van der Waals surface area contributed by atoms with E-state index in [2.05, 4.69) is 0 Å². The van der Waals surface area contributed by atoms with Crippen molar-refractivity contribution in [2.75, 3.05) is 18.5 Å². The Bertz CT molecular complexity index is 2040. The molecule has 0 unspecified atom stereocenters. The molecule has 242 valence electrons. The predicted octanol–water partition coefficient (Wildman–Crippen LogP) is 8.71. The van der Waals surface area contributed by atoms with Crippen LogP contribution in [-0.2, 0) is 27.5 Å². The number of carbonyl (C=O) groups is 1. The molecular formula is C34H26Cl2F3N3O4S. The number of esters is 1. The molecular weight excluding hydrogens is 674 g/mol. The van der Waals surface area contributed by atoms with Crippen molar-refractivity contribution in [2.45, 2.75) is 17.6 Å². The van der Waals surface area contributed by atoms with Crippen molar-refractivity contribution >= 4 is 57.0 Å². The number of aromatic nitrogens is 2. The Balaban J connectivity index is 1.40. The van der Waals surface area contributed by atoms with Gasteiger partial charge in [-0.05, 0) is 83.9 Å². The van der Waals surface area contributed by atoms with Gasteiger partial charge in [-0.2, -0.15) is 13.2 Å². The van der Waals surface area contributed by atoms with E-state index in [1.807, 2.05) is 22.9 Å². The summed E-state index contributed by atoms with van der Waals surface area (Å²) in [4.78, 5) is 16.4. The quantitative estimate of drug-likeness (QED) is 0.144. The number of halogens is 5. The van der Waals surface area contributed by atoms with E-state index in [0.717, 1.165) is 39.7 Å². The smallest absolute Gasteiger partial charge is 0.416 e. The van der Waals surface area contributed by atoms with Gasteiger partial charge in [-0.1, -0.05) is 53.5 Å². The highest BCUT2D eigenvalue weighted by Crippen LogP contribution is 2.32. The first-order valence-electron chi connectivity index (χ1n) is 13.9. The zero-order valence-corrected chi connectivity index (χ0v) is 27.2. The van der Waals surface area contributed by atoms with Crippen LogP contribution in [-0.4, -0.2) is 38.1 Å². The van der Waals surface area contributed by atoms with Crippen LogP contribution in [0, 0.1) is 0 Å². The number of carbonyl (C=O) groups excluding carboxylic acids is 1. The molecule has 7 nitrogen and oxygen atoms in total. The molecule has 0 atom stereocenters. The van der Waals surface area contributed by atoms with E-state index in [0.29, 0.717) is 44.9 Å². The molecule has 0 amide bonds. The highest BCUT2D eigenvalue weighted by Gasteiger charge is 2.31. The number of hydrogen-bond acceptors (Lipinski definition) is 5. The molecule has 0 radical (unpaired) electrons. The van der Waals surface area contributed by atoms with Crippen molar-refractivity contribution in [1.29, 1.82) is 0 Å². The number of benzene rings is 4. The fourth-order valence-corrected chi connectivity index (χ4v) is 6.36. The number of alkyl halides is 3. The Morgan fingerprint density at radius 1 is 0.936 bits per heavy atom. The highest BCUT2D eigenvalue weighted by atomic mass is 35.5. The zero-order chi connectivity index (χ0) is 33.9. The number of hydrogen-bond donors (Lipinski definition) is 0. The van der Waals surface area contributed by atoms with Gasteiger partial charge in [0.15, 0.2) is 0 Å². The van der Waals surface area contributed by atoms with Crippen LogP contribution in [0.3, 0.4) is 0 Å². The van der Waals surface area contributed by atoms with Gasteiger partial charge >= 0.3 is 12.1 Å². The number of nitrogens with zero attached hydrogens (tertiary/aromatic N) is 3. The van der Waals surface area contributed by atoms with Gasteiger partial charge in [0.1, 0.15) is 5.82 Å².